The van der Waals surface area contributed by atoms with Crippen molar-refractivity contribution >= 4 is 23.8 Å². The lowest BCUT2D eigenvalue weighted by molar-refractivity contribution is 0.159. The van der Waals surface area contributed by atoms with E-state index >= 15 is 0 Å². The Morgan fingerprint density at radius 3 is 2.12 bits per heavy atom. The highest BCUT2D eigenvalue weighted by Crippen LogP contribution is 2.50. The number of anilines is 2. The second-order valence-electron chi connectivity index (χ2n) is 10.1. The molecule has 1 saturated carbocycles. The van der Waals surface area contributed by atoms with E-state index in [1.807, 2.05) is 7.11 Å². The van der Waals surface area contributed by atoms with Crippen molar-refractivity contribution in [3.63, 3.8) is 0 Å². The lowest BCUT2D eigenvalue weighted by Gasteiger charge is -2.42. The minimum Gasteiger partial charge on any atom is -0.495 e. The Morgan fingerprint density at radius 2 is 1.62 bits per heavy atom. The van der Waals surface area contributed by atoms with Crippen molar-refractivity contribution in [3.8, 4) is 5.75 Å². The molecule has 0 N–H and O–H groups in total. The maximum atomic E-state index is 5.84. The van der Waals surface area contributed by atoms with Crippen LogP contribution >= 0.6 is 12.4 Å². The number of unbranched alkanes of at least 4 members (excludes halogenated alkanes) is 1. The molecule has 184 valence electrons. The van der Waals surface area contributed by atoms with Gasteiger partial charge >= 0.3 is 0 Å². The molecular weight excluding hydrogens is 418 g/mol. The third-order valence-electron chi connectivity index (χ3n) is 8.34. The first-order valence-electron chi connectivity index (χ1n) is 12.8. The second kappa shape index (κ2) is 12.4. The molecule has 0 aromatic heterocycles. The molecule has 1 aliphatic carbocycles. The number of hydrogen-bond acceptors (Lipinski definition) is 4. The van der Waals surface area contributed by atoms with Crippen LogP contribution in [0.3, 0.4) is 0 Å². The molecule has 1 aromatic carbocycles. The van der Waals surface area contributed by atoms with E-state index in [1.165, 1.54) is 82.4 Å². The van der Waals surface area contributed by atoms with Gasteiger partial charge in [0.05, 0.1) is 12.8 Å². The summed E-state index contributed by atoms with van der Waals surface area (Å²) in [5.41, 5.74) is 4.79. The summed E-state index contributed by atoms with van der Waals surface area (Å²) in [6, 6.07) is 4.79. The summed E-state index contributed by atoms with van der Waals surface area (Å²) in [4.78, 5) is 7.49. The summed E-state index contributed by atoms with van der Waals surface area (Å²) in [5, 5.41) is 0. The van der Waals surface area contributed by atoms with E-state index in [0.717, 1.165) is 18.8 Å². The highest BCUT2D eigenvalue weighted by Gasteiger charge is 2.34. The molecule has 3 rings (SSSR count). The maximum Gasteiger partial charge on any atom is 0.144 e. The molecule has 0 radical (unpaired) electrons. The average Bonchev–Trinajstić information content (AvgIpc) is 2.82. The van der Waals surface area contributed by atoms with Crippen molar-refractivity contribution in [3.05, 3.63) is 17.7 Å². The molecule has 0 atom stereocenters. The Bertz CT molecular complexity index is 686. The highest BCUT2D eigenvalue weighted by atomic mass is 35.5. The molecule has 2 fully saturated rings. The van der Waals surface area contributed by atoms with Crippen LogP contribution in [0.2, 0.25) is 0 Å². The third kappa shape index (κ3) is 6.05. The molecule has 0 spiro atoms. The zero-order chi connectivity index (χ0) is 22.4. The first-order valence-corrected chi connectivity index (χ1v) is 12.8. The van der Waals surface area contributed by atoms with Gasteiger partial charge in [0, 0.05) is 52.0 Å². The van der Waals surface area contributed by atoms with Crippen LogP contribution < -0.4 is 14.5 Å². The van der Waals surface area contributed by atoms with Crippen molar-refractivity contribution in [2.75, 3.05) is 63.7 Å². The Kier molecular flexibility index (Phi) is 10.5. The number of benzene rings is 1. The normalized spacial score (nSPS) is 19.5. The van der Waals surface area contributed by atoms with E-state index in [-0.39, 0.29) is 12.4 Å². The van der Waals surface area contributed by atoms with Crippen LogP contribution in [0.1, 0.15) is 83.6 Å². The van der Waals surface area contributed by atoms with Crippen molar-refractivity contribution in [2.24, 2.45) is 5.41 Å². The van der Waals surface area contributed by atoms with Gasteiger partial charge < -0.3 is 14.5 Å². The van der Waals surface area contributed by atoms with Crippen LogP contribution in [0.15, 0.2) is 12.1 Å². The van der Waals surface area contributed by atoms with Crippen LogP contribution in [0.5, 0.6) is 5.75 Å². The molecule has 0 amide bonds. The molecule has 1 heterocycles. The summed E-state index contributed by atoms with van der Waals surface area (Å²) in [6.07, 6.45) is 10.6. The lowest BCUT2D eigenvalue weighted by Crippen LogP contribution is -2.47. The smallest absolute Gasteiger partial charge is 0.144 e. The van der Waals surface area contributed by atoms with E-state index in [0.29, 0.717) is 11.3 Å². The Balaban J connectivity index is 0.00000363. The van der Waals surface area contributed by atoms with Crippen molar-refractivity contribution < 1.29 is 4.74 Å². The maximum absolute atomic E-state index is 5.84. The van der Waals surface area contributed by atoms with E-state index in [1.54, 1.807) is 5.56 Å². The van der Waals surface area contributed by atoms with Gasteiger partial charge in [-0.05, 0) is 61.6 Å². The van der Waals surface area contributed by atoms with E-state index in [2.05, 4.69) is 61.7 Å². The predicted molar refractivity (Wildman–Crippen MR) is 142 cm³/mol. The molecule has 1 aliphatic heterocycles. The van der Waals surface area contributed by atoms with Crippen LogP contribution in [-0.2, 0) is 0 Å². The van der Waals surface area contributed by atoms with Gasteiger partial charge in [-0.15, -0.1) is 12.4 Å². The topological polar surface area (TPSA) is 19.0 Å². The van der Waals surface area contributed by atoms with Crippen molar-refractivity contribution in [1.29, 1.82) is 0 Å². The van der Waals surface area contributed by atoms with E-state index in [9.17, 15) is 0 Å². The molecule has 5 heteroatoms. The summed E-state index contributed by atoms with van der Waals surface area (Å²) in [7, 11) is 6.08. The van der Waals surface area contributed by atoms with Gasteiger partial charge in [-0.1, -0.05) is 40.0 Å². The zero-order valence-corrected chi connectivity index (χ0v) is 22.4. The SMILES string of the molecule is CCCCN1CCN(c2cc(OC)c(N(C)C)cc2C2CCC(CC)(CC)CC2)CC1.Cl. The van der Waals surface area contributed by atoms with Gasteiger partial charge in [0.25, 0.3) is 0 Å². The minimum absolute atomic E-state index is 0. The van der Waals surface area contributed by atoms with E-state index in [4.69, 9.17) is 4.74 Å². The fraction of sp³-hybridized carbons (Fsp3) is 0.778. The fourth-order valence-corrected chi connectivity index (χ4v) is 5.78. The van der Waals surface area contributed by atoms with Crippen LogP contribution in [-0.4, -0.2) is 58.8 Å². The van der Waals surface area contributed by atoms with Gasteiger partial charge in [0.1, 0.15) is 5.75 Å². The first-order chi connectivity index (χ1) is 15.0. The summed E-state index contributed by atoms with van der Waals surface area (Å²) >= 11 is 0. The van der Waals surface area contributed by atoms with Crippen molar-refractivity contribution in [1.82, 2.24) is 4.90 Å². The Morgan fingerprint density at radius 1 is 1.00 bits per heavy atom. The number of nitrogens with zero attached hydrogens (tertiary/aromatic N) is 3. The monoisotopic (exact) mass is 465 g/mol. The van der Waals surface area contributed by atoms with Gasteiger partial charge in [-0.25, -0.2) is 0 Å². The number of hydrogen-bond donors (Lipinski definition) is 0. The van der Waals surface area contributed by atoms with Crippen LogP contribution in [0.4, 0.5) is 11.4 Å². The molecule has 1 aromatic rings. The van der Waals surface area contributed by atoms with Gasteiger partial charge in [-0.3, -0.25) is 4.90 Å². The minimum atomic E-state index is 0. The van der Waals surface area contributed by atoms with Crippen molar-refractivity contribution in [2.45, 2.75) is 78.1 Å². The predicted octanol–water partition coefficient (Wildman–Crippen LogP) is 6.57. The molecule has 0 bridgehead atoms. The molecular formula is C27H48ClN3O. The van der Waals surface area contributed by atoms with Gasteiger partial charge in [-0.2, -0.15) is 0 Å². The highest BCUT2D eigenvalue weighted by molar-refractivity contribution is 5.85. The average molecular weight is 466 g/mol. The summed E-state index contributed by atoms with van der Waals surface area (Å²) < 4.78 is 5.84. The van der Waals surface area contributed by atoms with Crippen LogP contribution in [0, 0.1) is 5.41 Å². The largest absolute Gasteiger partial charge is 0.495 e. The first kappa shape index (κ1) is 27.1. The molecule has 2 aliphatic rings. The zero-order valence-electron chi connectivity index (χ0n) is 21.6. The number of methoxy groups -OCH3 is 1. The third-order valence-corrected chi connectivity index (χ3v) is 8.34. The van der Waals surface area contributed by atoms with Gasteiger partial charge in [0.15, 0.2) is 0 Å². The van der Waals surface area contributed by atoms with Crippen LogP contribution in [0.25, 0.3) is 0 Å². The second-order valence-corrected chi connectivity index (χ2v) is 10.1. The quantitative estimate of drug-likeness (QED) is 0.410. The van der Waals surface area contributed by atoms with E-state index < -0.39 is 0 Å². The lowest BCUT2D eigenvalue weighted by atomic mass is 9.66. The fourth-order valence-electron chi connectivity index (χ4n) is 5.78. The summed E-state index contributed by atoms with van der Waals surface area (Å²) in [6.45, 7) is 12.9. The molecule has 0 unspecified atom stereocenters. The number of piperazine rings is 1. The summed E-state index contributed by atoms with van der Waals surface area (Å²) in [5.74, 6) is 1.67. The Hall–Kier alpha value is -1.13. The number of ether oxygens (including phenoxy) is 1. The molecule has 32 heavy (non-hydrogen) atoms. The van der Waals surface area contributed by atoms with Gasteiger partial charge in [0.2, 0.25) is 0 Å². The standard InChI is InChI=1S/C27H47N3O.ClH/c1-7-10-15-29-16-18-30(19-17-29)24-21-26(31-6)25(28(4)5)20-23(24)22-11-13-27(8-2,9-3)14-12-22;/h20-22H,7-19H2,1-6H3;1H. The molecule has 1 saturated heterocycles. The molecule has 4 nitrogen and oxygen atoms in total. The number of rotatable bonds is 9. The number of halogens is 1. The Labute approximate surface area is 204 Å².